The number of morpholine rings is 1. The Morgan fingerprint density at radius 1 is 1.39 bits per heavy atom. The van der Waals surface area contributed by atoms with Crippen LogP contribution in [-0.4, -0.2) is 55.2 Å². The normalized spacial score (nSPS) is 15.5. The molecule has 0 saturated carbocycles. The quantitative estimate of drug-likeness (QED) is 0.899. The molecule has 1 aromatic heterocycles. The number of nitrogens with one attached hydrogen (secondary N) is 1. The summed E-state index contributed by atoms with van der Waals surface area (Å²) in [5.74, 6) is -0.136. The Morgan fingerprint density at radius 2 is 2.22 bits per heavy atom. The summed E-state index contributed by atoms with van der Waals surface area (Å²) in [5, 5.41) is 6.16. The van der Waals surface area contributed by atoms with Gasteiger partial charge in [0.15, 0.2) is 0 Å². The minimum absolute atomic E-state index is 0.136. The van der Waals surface area contributed by atoms with Crippen LogP contribution in [0.15, 0.2) is 29.6 Å². The fraction of sp³-hybridized carbons (Fsp3) is 0.375. The van der Waals surface area contributed by atoms with Gasteiger partial charge in [0.2, 0.25) is 0 Å². The molecule has 2 heterocycles. The van der Waals surface area contributed by atoms with Crippen molar-refractivity contribution in [3.63, 3.8) is 0 Å². The van der Waals surface area contributed by atoms with E-state index in [1.807, 2.05) is 24.3 Å². The topological polar surface area (TPSA) is 54.5 Å². The number of amides is 1. The lowest BCUT2D eigenvalue weighted by molar-refractivity contribution is 0.0383. The largest absolute Gasteiger partial charge is 0.379 e. The van der Waals surface area contributed by atoms with E-state index in [0.717, 1.165) is 43.4 Å². The Balaban J connectivity index is 1.54. The molecule has 2 aromatic rings. The van der Waals surface area contributed by atoms with Gasteiger partial charge in [-0.15, -0.1) is 11.3 Å². The van der Waals surface area contributed by atoms with Gasteiger partial charge in [-0.05, 0) is 12.1 Å². The molecule has 3 rings (SSSR count). The Morgan fingerprint density at radius 3 is 3.00 bits per heavy atom. The third-order valence-corrected chi connectivity index (χ3v) is 4.75. The molecule has 1 saturated heterocycles. The van der Waals surface area contributed by atoms with Crippen molar-refractivity contribution < 1.29 is 9.53 Å². The lowest BCUT2D eigenvalue weighted by Gasteiger charge is -2.26. The zero-order chi connectivity index (χ0) is 16.1. The average molecular weight is 352 g/mol. The smallest absolute Gasteiger partial charge is 0.270 e. The van der Waals surface area contributed by atoms with Crippen LogP contribution in [0.1, 0.15) is 10.5 Å². The lowest BCUT2D eigenvalue weighted by atomic mass is 10.2. The van der Waals surface area contributed by atoms with Crippen LogP contribution in [0.5, 0.6) is 0 Å². The second-order valence-corrected chi connectivity index (χ2v) is 6.55. The van der Waals surface area contributed by atoms with Crippen LogP contribution in [-0.2, 0) is 4.74 Å². The highest BCUT2D eigenvalue weighted by atomic mass is 35.5. The van der Waals surface area contributed by atoms with E-state index in [9.17, 15) is 4.79 Å². The average Bonchev–Trinajstić information content (AvgIpc) is 3.06. The van der Waals surface area contributed by atoms with Gasteiger partial charge in [0, 0.05) is 42.1 Å². The number of nitrogens with zero attached hydrogens (tertiary/aromatic N) is 2. The predicted octanol–water partition coefficient (Wildman–Crippen LogP) is 2.53. The molecule has 0 radical (unpaired) electrons. The van der Waals surface area contributed by atoms with Crippen LogP contribution in [0.2, 0.25) is 5.02 Å². The molecule has 0 bridgehead atoms. The number of carbonyl (C=O) groups excluding carboxylic acids is 1. The van der Waals surface area contributed by atoms with Crippen LogP contribution in [0.25, 0.3) is 10.6 Å². The third kappa shape index (κ3) is 4.51. The molecule has 0 unspecified atom stereocenters. The number of thiazole rings is 1. The maximum Gasteiger partial charge on any atom is 0.270 e. The molecular weight excluding hydrogens is 334 g/mol. The Kier molecular flexibility index (Phi) is 5.61. The van der Waals surface area contributed by atoms with E-state index in [4.69, 9.17) is 16.3 Å². The number of aromatic nitrogens is 1. The van der Waals surface area contributed by atoms with Crippen LogP contribution < -0.4 is 5.32 Å². The van der Waals surface area contributed by atoms with Crippen molar-refractivity contribution in [2.75, 3.05) is 39.4 Å². The van der Waals surface area contributed by atoms with Crippen molar-refractivity contribution in [2.24, 2.45) is 0 Å². The fourth-order valence-corrected chi connectivity index (χ4v) is 3.36. The molecule has 0 spiro atoms. The van der Waals surface area contributed by atoms with Gasteiger partial charge >= 0.3 is 0 Å². The van der Waals surface area contributed by atoms with E-state index in [1.54, 1.807) is 5.38 Å². The SMILES string of the molecule is O=C(NCCN1CCOCC1)c1csc(-c2cccc(Cl)c2)n1. The Bertz CT molecular complexity index is 671. The number of hydrogen-bond donors (Lipinski definition) is 1. The maximum absolute atomic E-state index is 12.2. The van der Waals surface area contributed by atoms with E-state index in [2.05, 4.69) is 15.2 Å². The van der Waals surface area contributed by atoms with E-state index in [-0.39, 0.29) is 5.91 Å². The summed E-state index contributed by atoms with van der Waals surface area (Å²) < 4.78 is 5.30. The molecule has 1 aliphatic heterocycles. The number of rotatable bonds is 5. The first-order valence-corrected chi connectivity index (χ1v) is 8.78. The number of benzene rings is 1. The van der Waals surface area contributed by atoms with E-state index in [0.29, 0.717) is 17.3 Å². The molecule has 0 atom stereocenters. The van der Waals surface area contributed by atoms with Crippen molar-refractivity contribution in [3.8, 4) is 10.6 Å². The van der Waals surface area contributed by atoms with Crippen LogP contribution >= 0.6 is 22.9 Å². The summed E-state index contributed by atoms with van der Waals surface area (Å²) in [7, 11) is 0. The van der Waals surface area contributed by atoms with Crippen molar-refractivity contribution >= 4 is 28.8 Å². The highest BCUT2D eigenvalue weighted by Gasteiger charge is 2.13. The molecule has 1 N–H and O–H groups in total. The minimum atomic E-state index is -0.136. The van der Waals surface area contributed by atoms with Gasteiger partial charge in [0.05, 0.1) is 13.2 Å². The van der Waals surface area contributed by atoms with Crippen LogP contribution in [0.4, 0.5) is 0 Å². The number of ether oxygens (including phenoxy) is 1. The van der Waals surface area contributed by atoms with E-state index in [1.165, 1.54) is 11.3 Å². The van der Waals surface area contributed by atoms with Gasteiger partial charge in [-0.2, -0.15) is 0 Å². The summed E-state index contributed by atoms with van der Waals surface area (Å²) in [6, 6.07) is 7.48. The Labute approximate surface area is 144 Å². The maximum atomic E-state index is 12.2. The fourth-order valence-electron chi connectivity index (χ4n) is 2.38. The van der Waals surface area contributed by atoms with Crippen LogP contribution in [0.3, 0.4) is 0 Å². The van der Waals surface area contributed by atoms with Gasteiger partial charge in [-0.3, -0.25) is 9.69 Å². The molecular formula is C16H18ClN3O2S. The molecule has 5 nitrogen and oxygen atoms in total. The number of carbonyl (C=O) groups is 1. The molecule has 7 heteroatoms. The van der Waals surface area contributed by atoms with Crippen molar-refractivity contribution in [1.82, 2.24) is 15.2 Å². The summed E-state index contributed by atoms with van der Waals surface area (Å²) in [6.45, 7) is 4.83. The summed E-state index contributed by atoms with van der Waals surface area (Å²) in [6.07, 6.45) is 0. The van der Waals surface area contributed by atoms with Crippen molar-refractivity contribution in [3.05, 3.63) is 40.4 Å². The summed E-state index contributed by atoms with van der Waals surface area (Å²) >= 11 is 7.43. The van der Waals surface area contributed by atoms with Crippen molar-refractivity contribution in [2.45, 2.75) is 0 Å². The van der Waals surface area contributed by atoms with E-state index < -0.39 is 0 Å². The first-order valence-electron chi connectivity index (χ1n) is 7.52. The van der Waals surface area contributed by atoms with Gasteiger partial charge in [-0.1, -0.05) is 23.7 Å². The minimum Gasteiger partial charge on any atom is -0.379 e. The zero-order valence-corrected chi connectivity index (χ0v) is 14.2. The monoisotopic (exact) mass is 351 g/mol. The zero-order valence-electron chi connectivity index (χ0n) is 12.6. The van der Waals surface area contributed by atoms with Gasteiger partial charge in [-0.25, -0.2) is 4.98 Å². The number of hydrogen-bond acceptors (Lipinski definition) is 5. The van der Waals surface area contributed by atoms with Crippen LogP contribution in [0, 0.1) is 0 Å². The molecule has 23 heavy (non-hydrogen) atoms. The standard InChI is InChI=1S/C16H18ClN3O2S/c17-13-3-1-2-12(10-13)16-19-14(11-23-16)15(21)18-4-5-20-6-8-22-9-7-20/h1-3,10-11H,4-9H2,(H,18,21). The first-order chi connectivity index (χ1) is 11.2. The molecule has 0 aliphatic carbocycles. The molecule has 122 valence electrons. The molecule has 1 amide bonds. The molecule has 1 fully saturated rings. The predicted molar refractivity (Wildman–Crippen MR) is 92.2 cm³/mol. The number of halogens is 1. The highest BCUT2D eigenvalue weighted by Crippen LogP contribution is 2.25. The third-order valence-electron chi connectivity index (χ3n) is 3.63. The second-order valence-electron chi connectivity index (χ2n) is 5.26. The summed E-state index contributed by atoms with van der Waals surface area (Å²) in [5.41, 5.74) is 1.38. The first kappa shape index (κ1) is 16.4. The molecule has 1 aromatic carbocycles. The highest BCUT2D eigenvalue weighted by molar-refractivity contribution is 7.13. The lowest BCUT2D eigenvalue weighted by Crippen LogP contribution is -2.41. The Hall–Kier alpha value is -1.47. The second kappa shape index (κ2) is 7.88. The van der Waals surface area contributed by atoms with Gasteiger partial charge in [0.1, 0.15) is 10.7 Å². The summed E-state index contributed by atoms with van der Waals surface area (Å²) in [4.78, 5) is 18.8. The van der Waals surface area contributed by atoms with Gasteiger partial charge in [0.25, 0.3) is 5.91 Å². The van der Waals surface area contributed by atoms with Crippen molar-refractivity contribution in [1.29, 1.82) is 0 Å². The molecule has 1 aliphatic rings. The van der Waals surface area contributed by atoms with E-state index >= 15 is 0 Å². The van der Waals surface area contributed by atoms with Gasteiger partial charge < -0.3 is 10.1 Å².